The maximum absolute atomic E-state index is 9.14. The van der Waals surface area contributed by atoms with Gasteiger partial charge in [0.2, 0.25) is 0 Å². The fourth-order valence-corrected chi connectivity index (χ4v) is 3.99. The van der Waals surface area contributed by atoms with E-state index in [1.54, 1.807) is 23.6 Å². The van der Waals surface area contributed by atoms with Crippen LogP contribution in [0, 0.1) is 18.3 Å². The summed E-state index contributed by atoms with van der Waals surface area (Å²) in [4.78, 5) is 16.9. The van der Waals surface area contributed by atoms with Gasteiger partial charge in [-0.05, 0) is 48.9 Å². The lowest BCUT2D eigenvalue weighted by Crippen LogP contribution is -1.93. The molecule has 0 aliphatic heterocycles. The van der Waals surface area contributed by atoms with Gasteiger partial charge in [-0.25, -0.2) is 9.97 Å². The second kappa shape index (κ2) is 7.43. The zero-order valence-electron chi connectivity index (χ0n) is 16.0. The molecule has 6 nitrogen and oxygen atoms in total. The van der Waals surface area contributed by atoms with Crippen LogP contribution in [-0.2, 0) is 0 Å². The molecular weight excluding hydrogens is 392 g/mol. The van der Waals surface area contributed by atoms with Crippen molar-refractivity contribution in [3.63, 3.8) is 0 Å². The van der Waals surface area contributed by atoms with E-state index in [1.807, 2.05) is 61.0 Å². The summed E-state index contributed by atoms with van der Waals surface area (Å²) in [5, 5.41) is 15.4. The van der Waals surface area contributed by atoms with Crippen molar-refractivity contribution in [2.45, 2.75) is 6.92 Å². The van der Waals surface area contributed by atoms with Gasteiger partial charge >= 0.3 is 0 Å². The number of anilines is 2. The van der Waals surface area contributed by atoms with Gasteiger partial charge in [0.25, 0.3) is 0 Å². The van der Waals surface area contributed by atoms with E-state index in [1.165, 1.54) is 0 Å². The lowest BCUT2D eigenvalue weighted by Gasteiger charge is -2.06. The largest absolute Gasteiger partial charge is 0.338 e. The quantitative estimate of drug-likeness (QED) is 0.400. The fraction of sp³-hybridized carbons (Fsp3) is 0.0435. The van der Waals surface area contributed by atoms with Crippen molar-refractivity contribution in [2.24, 2.45) is 0 Å². The molecule has 5 aromatic rings. The van der Waals surface area contributed by atoms with E-state index in [9.17, 15) is 0 Å². The average molecular weight is 408 g/mol. The van der Waals surface area contributed by atoms with Crippen molar-refractivity contribution in [1.29, 1.82) is 5.26 Å². The number of fused-ring (bicyclic) bond motifs is 1. The average Bonchev–Trinajstić information content (AvgIpc) is 3.42. The zero-order chi connectivity index (χ0) is 20.5. The molecule has 30 heavy (non-hydrogen) atoms. The standard InChI is InChI=1S/C23H16N6S/c1-14-8-19-20(27-22(26-19)16-5-2-4-15(9-16)11-24)10-18(14)28-23-29-21(13-30-23)17-6-3-7-25-12-17/h2-10,12-13H,1H3,(H,26,27)(H,28,29). The Hall–Kier alpha value is -4.02. The van der Waals surface area contributed by atoms with Crippen molar-refractivity contribution in [3.8, 4) is 28.7 Å². The van der Waals surface area contributed by atoms with Crippen molar-refractivity contribution >= 4 is 33.2 Å². The first-order chi connectivity index (χ1) is 14.7. The molecule has 0 aliphatic rings. The molecule has 3 aromatic heterocycles. The van der Waals surface area contributed by atoms with E-state index in [-0.39, 0.29) is 0 Å². The van der Waals surface area contributed by atoms with Crippen molar-refractivity contribution in [2.75, 3.05) is 5.32 Å². The molecule has 7 heteroatoms. The predicted molar refractivity (Wildman–Crippen MR) is 120 cm³/mol. The minimum absolute atomic E-state index is 0.611. The van der Waals surface area contributed by atoms with Crippen LogP contribution in [0.2, 0.25) is 0 Å². The monoisotopic (exact) mass is 408 g/mol. The molecule has 0 aliphatic carbocycles. The van der Waals surface area contributed by atoms with Gasteiger partial charge < -0.3 is 10.3 Å². The summed E-state index contributed by atoms with van der Waals surface area (Å²) in [5.41, 5.74) is 7.23. The minimum Gasteiger partial charge on any atom is -0.338 e. The summed E-state index contributed by atoms with van der Waals surface area (Å²) in [6, 6.07) is 17.6. The minimum atomic E-state index is 0.611. The van der Waals surface area contributed by atoms with E-state index in [4.69, 9.17) is 10.2 Å². The Bertz CT molecular complexity index is 1390. The Balaban J connectivity index is 1.46. The van der Waals surface area contributed by atoms with Gasteiger partial charge in [-0.15, -0.1) is 11.3 Å². The molecule has 144 valence electrons. The van der Waals surface area contributed by atoms with Crippen LogP contribution in [0.4, 0.5) is 10.8 Å². The van der Waals surface area contributed by atoms with Crippen molar-refractivity contribution in [1.82, 2.24) is 19.9 Å². The van der Waals surface area contributed by atoms with E-state index < -0.39 is 0 Å². The summed E-state index contributed by atoms with van der Waals surface area (Å²) in [5.74, 6) is 0.742. The first-order valence-electron chi connectivity index (χ1n) is 9.33. The van der Waals surface area contributed by atoms with Gasteiger partial charge in [0.05, 0.1) is 28.4 Å². The van der Waals surface area contributed by atoms with E-state index >= 15 is 0 Å². The molecule has 0 saturated heterocycles. The van der Waals surface area contributed by atoms with Crippen LogP contribution >= 0.6 is 11.3 Å². The number of aromatic amines is 1. The molecule has 0 fully saturated rings. The Morgan fingerprint density at radius 2 is 1.97 bits per heavy atom. The number of hydrogen-bond donors (Lipinski definition) is 2. The number of aryl methyl sites for hydroxylation is 1. The molecule has 0 saturated carbocycles. The van der Waals surface area contributed by atoms with E-state index in [2.05, 4.69) is 26.3 Å². The number of aromatic nitrogens is 4. The van der Waals surface area contributed by atoms with Crippen LogP contribution in [0.5, 0.6) is 0 Å². The molecule has 0 atom stereocenters. The maximum atomic E-state index is 9.14. The number of pyridine rings is 1. The highest BCUT2D eigenvalue weighted by molar-refractivity contribution is 7.14. The second-order valence-electron chi connectivity index (χ2n) is 6.87. The summed E-state index contributed by atoms with van der Waals surface area (Å²) < 4.78 is 0. The van der Waals surface area contributed by atoms with Crippen LogP contribution in [0.3, 0.4) is 0 Å². The van der Waals surface area contributed by atoms with Crippen LogP contribution in [0.1, 0.15) is 11.1 Å². The Kier molecular flexibility index (Phi) is 4.46. The molecule has 0 bridgehead atoms. The Labute approximate surface area is 176 Å². The van der Waals surface area contributed by atoms with Crippen LogP contribution < -0.4 is 5.32 Å². The number of nitriles is 1. The summed E-state index contributed by atoms with van der Waals surface area (Å²) in [6.45, 7) is 2.04. The normalized spacial score (nSPS) is 10.8. The topological polar surface area (TPSA) is 90.3 Å². The van der Waals surface area contributed by atoms with Gasteiger partial charge in [-0.3, -0.25) is 4.98 Å². The summed E-state index contributed by atoms with van der Waals surface area (Å²) in [6.07, 6.45) is 3.56. The van der Waals surface area contributed by atoms with Gasteiger partial charge in [-0.1, -0.05) is 12.1 Å². The lowest BCUT2D eigenvalue weighted by atomic mass is 10.1. The predicted octanol–water partition coefficient (Wildman–Crippen LogP) is 5.67. The van der Waals surface area contributed by atoms with Gasteiger partial charge in [0, 0.05) is 34.6 Å². The van der Waals surface area contributed by atoms with Crippen LogP contribution in [-0.4, -0.2) is 19.9 Å². The highest BCUT2D eigenvalue weighted by Gasteiger charge is 2.11. The number of hydrogen-bond acceptors (Lipinski definition) is 6. The summed E-state index contributed by atoms with van der Waals surface area (Å²) in [7, 11) is 0. The number of thiazole rings is 1. The second-order valence-corrected chi connectivity index (χ2v) is 7.72. The van der Waals surface area contributed by atoms with Crippen LogP contribution in [0.15, 0.2) is 66.3 Å². The van der Waals surface area contributed by atoms with Gasteiger partial charge in [0.1, 0.15) is 5.82 Å². The van der Waals surface area contributed by atoms with Crippen LogP contribution in [0.25, 0.3) is 33.7 Å². The third-order valence-electron chi connectivity index (χ3n) is 4.80. The van der Waals surface area contributed by atoms with Crippen molar-refractivity contribution < 1.29 is 0 Å². The highest BCUT2D eigenvalue weighted by atomic mass is 32.1. The molecule has 2 aromatic carbocycles. The first kappa shape index (κ1) is 18.0. The molecule has 3 heterocycles. The first-order valence-corrected chi connectivity index (χ1v) is 10.2. The van der Waals surface area contributed by atoms with Gasteiger partial charge in [0.15, 0.2) is 5.13 Å². The third kappa shape index (κ3) is 3.41. The lowest BCUT2D eigenvalue weighted by molar-refractivity contribution is 1.30. The number of nitrogens with one attached hydrogen (secondary N) is 2. The number of benzene rings is 2. The molecule has 0 amide bonds. The van der Waals surface area contributed by atoms with Gasteiger partial charge in [-0.2, -0.15) is 5.26 Å². The molecular formula is C23H16N6S. The number of imidazole rings is 1. The third-order valence-corrected chi connectivity index (χ3v) is 5.55. The molecule has 5 rings (SSSR count). The SMILES string of the molecule is Cc1cc2nc(-c3cccc(C#N)c3)[nH]c2cc1Nc1nc(-c2cccnc2)cs1. The Morgan fingerprint density at radius 1 is 1.07 bits per heavy atom. The molecule has 0 spiro atoms. The molecule has 0 unspecified atom stereocenters. The smallest absolute Gasteiger partial charge is 0.187 e. The summed E-state index contributed by atoms with van der Waals surface area (Å²) >= 11 is 1.55. The zero-order valence-corrected chi connectivity index (χ0v) is 16.9. The van der Waals surface area contributed by atoms with E-state index in [0.29, 0.717) is 5.56 Å². The maximum Gasteiger partial charge on any atom is 0.187 e. The molecule has 2 N–H and O–H groups in total. The molecule has 0 radical (unpaired) electrons. The van der Waals surface area contributed by atoms with Crippen molar-refractivity contribution in [3.05, 3.63) is 77.4 Å². The number of H-pyrrole nitrogens is 1. The number of nitrogens with zero attached hydrogens (tertiary/aromatic N) is 4. The number of rotatable bonds is 4. The highest BCUT2D eigenvalue weighted by Crippen LogP contribution is 2.31. The van der Waals surface area contributed by atoms with E-state index in [0.717, 1.165) is 50.1 Å². The fourth-order valence-electron chi connectivity index (χ4n) is 3.26. The Morgan fingerprint density at radius 3 is 2.80 bits per heavy atom.